The largest absolute Gasteiger partial charge is 0.479 e. The minimum absolute atomic E-state index is 0.252. The van der Waals surface area contributed by atoms with Gasteiger partial charge in [0.2, 0.25) is 6.10 Å². The first kappa shape index (κ1) is 16.8. The van der Waals surface area contributed by atoms with E-state index in [-0.39, 0.29) is 11.2 Å². The van der Waals surface area contributed by atoms with Gasteiger partial charge in [0.05, 0.1) is 0 Å². The fraction of sp³-hybridized carbons (Fsp3) is 0.600. The Hall–Kier alpha value is -1.23. The normalized spacial score (nSPS) is 14.2. The van der Waals surface area contributed by atoms with Gasteiger partial charge >= 0.3 is 6.18 Å². The molecule has 0 fully saturated rings. The van der Waals surface area contributed by atoms with E-state index in [1.54, 1.807) is 12.1 Å². The highest BCUT2D eigenvalue weighted by Crippen LogP contribution is 2.34. The quantitative estimate of drug-likeness (QED) is 0.914. The molecular weight excluding hydrogens is 267 g/mol. The van der Waals surface area contributed by atoms with Crippen LogP contribution in [0.15, 0.2) is 18.2 Å². The summed E-state index contributed by atoms with van der Waals surface area (Å²) in [7, 11) is 0. The molecule has 20 heavy (non-hydrogen) atoms. The number of alkyl halides is 3. The summed E-state index contributed by atoms with van der Waals surface area (Å²) in [5.41, 5.74) is 6.71. The van der Waals surface area contributed by atoms with Crippen LogP contribution in [0.5, 0.6) is 5.75 Å². The van der Waals surface area contributed by atoms with E-state index in [0.29, 0.717) is 0 Å². The molecule has 1 aromatic rings. The van der Waals surface area contributed by atoms with Crippen LogP contribution in [0, 0.1) is 0 Å². The molecule has 2 N–H and O–H groups in total. The summed E-state index contributed by atoms with van der Waals surface area (Å²) >= 11 is 0. The Bertz CT molecular complexity index is 449. The predicted molar refractivity (Wildman–Crippen MR) is 74.0 cm³/mol. The Balaban J connectivity index is 3.18. The van der Waals surface area contributed by atoms with E-state index in [1.807, 2.05) is 33.8 Å². The SMILES string of the molecule is CCc1ccc(OC(CN)C(F)(F)F)c(C(C)(C)C)c1. The van der Waals surface area contributed by atoms with Crippen LogP contribution in [0.3, 0.4) is 0 Å². The molecule has 0 aliphatic heterocycles. The zero-order chi connectivity index (χ0) is 15.6. The predicted octanol–water partition coefficient (Wildman–Crippen LogP) is 3.81. The van der Waals surface area contributed by atoms with Gasteiger partial charge in [0, 0.05) is 6.54 Å². The van der Waals surface area contributed by atoms with E-state index in [9.17, 15) is 13.2 Å². The van der Waals surface area contributed by atoms with Crippen molar-refractivity contribution in [3.63, 3.8) is 0 Å². The molecule has 0 amide bonds. The molecule has 1 atom stereocenters. The van der Waals surface area contributed by atoms with E-state index in [2.05, 4.69) is 0 Å². The molecule has 0 radical (unpaired) electrons. The molecule has 0 heterocycles. The van der Waals surface area contributed by atoms with Crippen molar-refractivity contribution in [1.29, 1.82) is 0 Å². The van der Waals surface area contributed by atoms with Gasteiger partial charge in [0.1, 0.15) is 5.75 Å². The molecule has 5 heteroatoms. The minimum atomic E-state index is -4.46. The fourth-order valence-corrected chi connectivity index (χ4v) is 1.89. The molecule has 0 spiro atoms. The first-order valence-electron chi connectivity index (χ1n) is 6.66. The molecule has 0 saturated carbocycles. The lowest BCUT2D eigenvalue weighted by molar-refractivity contribution is -0.191. The smallest absolute Gasteiger partial charge is 0.426 e. The van der Waals surface area contributed by atoms with Crippen LogP contribution in [0.25, 0.3) is 0 Å². The lowest BCUT2D eigenvalue weighted by Crippen LogP contribution is -2.41. The van der Waals surface area contributed by atoms with Crippen molar-refractivity contribution in [1.82, 2.24) is 0 Å². The highest BCUT2D eigenvalue weighted by atomic mass is 19.4. The Labute approximate surface area is 118 Å². The molecule has 0 saturated heterocycles. The van der Waals surface area contributed by atoms with Crippen molar-refractivity contribution in [2.24, 2.45) is 5.73 Å². The third kappa shape index (κ3) is 4.13. The molecule has 114 valence electrons. The zero-order valence-corrected chi connectivity index (χ0v) is 12.3. The molecular formula is C15H22F3NO. The summed E-state index contributed by atoms with van der Waals surface area (Å²) in [6.45, 7) is 7.24. The number of aryl methyl sites for hydroxylation is 1. The molecule has 0 aromatic heterocycles. The number of hydrogen-bond acceptors (Lipinski definition) is 2. The monoisotopic (exact) mass is 289 g/mol. The number of halogens is 3. The number of ether oxygens (including phenoxy) is 1. The lowest BCUT2D eigenvalue weighted by Gasteiger charge is -2.27. The molecule has 1 aromatic carbocycles. The van der Waals surface area contributed by atoms with Crippen LogP contribution in [0.4, 0.5) is 13.2 Å². The van der Waals surface area contributed by atoms with Crippen molar-refractivity contribution in [2.75, 3.05) is 6.54 Å². The summed E-state index contributed by atoms with van der Waals surface area (Å²) in [5, 5.41) is 0. The number of benzene rings is 1. The van der Waals surface area contributed by atoms with Crippen molar-refractivity contribution in [2.45, 2.75) is 51.8 Å². The first-order chi connectivity index (χ1) is 9.09. The van der Waals surface area contributed by atoms with Gasteiger partial charge in [-0.25, -0.2) is 0 Å². The van der Waals surface area contributed by atoms with E-state index in [4.69, 9.17) is 10.5 Å². The summed E-state index contributed by atoms with van der Waals surface area (Å²) < 4.78 is 43.5. The van der Waals surface area contributed by atoms with E-state index in [0.717, 1.165) is 17.5 Å². The molecule has 0 aliphatic rings. The van der Waals surface area contributed by atoms with Crippen LogP contribution in [-0.4, -0.2) is 18.8 Å². The maximum Gasteiger partial charge on any atom is 0.426 e. The maximum absolute atomic E-state index is 12.8. The van der Waals surface area contributed by atoms with Gasteiger partial charge in [-0.05, 0) is 29.0 Å². The average Bonchev–Trinajstić information content (AvgIpc) is 2.33. The summed E-state index contributed by atoms with van der Waals surface area (Å²) in [4.78, 5) is 0. The van der Waals surface area contributed by atoms with Crippen LogP contribution in [-0.2, 0) is 11.8 Å². The number of hydrogen-bond donors (Lipinski definition) is 1. The van der Waals surface area contributed by atoms with Gasteiger partial charge in [-0.1, -0.05) is 39.8 Å². The van der Waals surface area contributed by atoms with Crippen molar-refractivity contribution < 1.29 is 17.9 Å². The first-order valence-corrected chi connectivity index (χ1v) is 6.66. The molecule has 1 rings (SSSR count). The Morgan fingerprint density at radius 2 is 1.80 bits per heavy atom. The van der Waals surface area contributed by atoms with Gasteiger partial charge in [-0.15, -0.1) is 0 Å². The molecule has 2 nitrogen and oxygen atoms in total. The van der Waals surface area contributed by atoms with Gasteiger partial charge in [0.25, 0.3) is 0 Å². The Morgan fingerprint density at radius 3 is 2.20 bits per heavy atom. The van der Waals surface area contributed by atoms with Crippen molar-refractivity contribution >= 4 is 0 Å². The molecule has 0 bridgehead atoms. The van der Waals surface area contributed by atoms with Crippen LogP contribution >= 0.6 is 0 Å². The van der Waals surface area contributed by atoms with Crippen molar-refractivity contribution in [3.8, 4) is 5.75 Å². The van der Waals surface area contributed by atoms with E-state index >= 15 is 0 Å². The summed E-state index contributed by atoms with van der Waals surface area (Å²) in [6, 6.07) is 5.29. The minimum Gasteiger partial charge on any atom is -0.479 e. The van der Waals surface area contributed by atoms with Gasteiger partial charge < -0.3 is 10.5 Å². The van der Waals surface area contributed by atoms with Crippen LogP contribution in [0.1, 0.15) is 38.8 Å². The second-order valence-electron chi connectivity index (χ2n) is 5.82. The number of rotatable bonds is 4. The van der Waals surface area contributed by atoms with Crippen LogP contribution in [0.2, 0.25) is 0 Å². The zero-order valence-electron chi connectivity index (χ0n) is 12.3. The standard InChI is InChI=1S/C15H22F3NO/c1-5-10-6-7-12(11(8-10)14(2,3)4)20-13(9-19)15(16,17)18/h6-8,13H,5,9,19H2,1-4H3. The Kier molecular flexibility index (Phi) is 5.08. The summed E-state index contributed by atoms with van der Waals surface area (Å²) in [5.74, 6) is 0.252. The van der Waals surface area contributed by atoms with E-state index in [1.165, 1.54) is 0 Å². The maximum atomic E-state index is 12.8. The summed E-state index contributed by atoms with van der Waals surface area (Å²) in [6.07, 6.45) is -5.62. The highest BCUT2D eigenvalue weighted by Gasteiger charge is 2.41. The number of nitrogens with two attached hydrogens (primary N) is 1. The third-order valence-corrected chi connectivity index (χ3v) is 3.11. The topological polar surface area (TPSA) is 35.2 Å². The average molecular weight is 289 g/mol. The van der Waals surface area contributed by atoms with Gasteiger partial charge in [-0.2, -0.15) is 13.2 Å². The van der Waals surface area contributed by atoms with Gasteiger partial charge in [0.15, 0.2) is 0 Å². The fourth-order valence-electron chi connectivity index (χ4n) is 1.89. The second-order valence-corrected chi connectivity index (χ2v) is 5.82. The molecule has 0 aliphatic carbocycles. The second kappa shape index (κ2) is 6.04. The van der Waals surface area contributed by atoms with Crippen molar-refractivity contribution in [3.05, 3.63) is 29.3 Å². The van der Waals surface area contributed by atoms with E-state index < -0.39 is 18.8 Å². The Morgan fingerprint density at radius 1 is 1.20 bits per heavy atom. The van der Waals surface area contributed by atoms with Crippen LogP contribution < -0.4 is 10.5 Å². The molecule has 1 unspecified atom stereocenters. The highest BCUT2D eigenvalue weighted by molar-refractivity contribution is 5.42. The van der Waals surface area contributed by atoms with Gasteiger partial charge in [-0.3, -0.25) is 0 Å². The lowest BCUT2D eigenvalue weighted by atomic mass is 9.85. The third-order valence-electron chi connectivity index (χ3n) is 3.11.